The Hall–Kier alpha value is -4.86. The smallest absolute Gasteiger partial charge is 0.417 e. The van der Waals surface area contributed by atoms with Gasteiger partial charge in [-0.1, -0.05) is 86.6 Å². The van der Waals surface area contributed by atoms with Gasteiger partial charge in [0.2, 0.25) is 5.91 Å². The Morgan fingerprint density at radius 2 is 1.52 bits per heavy atom. The third-order valence-electron chi connectivity index (χ3n) is 7.34. The maximum Gasteiger partial charge on any atom is 0.417 e. The van der Waals surface area contributed by atoms with E-state index in [4.69, 9.17) is 14.2 Å². The van der Waals surface area contributed by atoms with Gasteiger partial charge in [-0.05, 0) is 61.9 Å². The van der Waals surface area contributed by atoms with Crippen LogP contribution >= 0.6 is 0 Å². The summed E-state index contributed by atoms with van der Waals surface area (Å²) in [7, 11) is 0. The molecule has 1 aliphatic rings. The van der Waals surface area contributed by atoms with Crippen molar-refractivity contribution in [1.29, 1.82) is 0 Å². The Bertz CT molecular complexity index is 1490. The number of amides is 4. The Morgan fingerprint density at radius 3 is 2.15 bits per heavy atom. The lowest BCUT2D eigenvalue weighted by molar-refractivity contribution is -0.135. The first kappa shape index (κ1) is 34.0. The number of rotatable bonds is 12. The number of alkyl carbamates (subject to hydrolysis) is 1. The summed E-state index contributed by atoms with van der Waals surface area (Å²) < 4.78 is 16.7. The van der Waals surface area contributed by atoms with Gasteiger partial charge in [-0.15, -0.1) is 0 Å². The highest BCUT2D eigenvalue weighted by atomic mass is 16.6. The summed E-state index contributed by atoms with van der Waals surface area (Å²) in [5.41, 5.74) is 1.88. The monoisotopic (exact) mass is 629 g/mol. The Morgan fingerprint density at radius 1 is 0.891 bits per heavy atom. The second-order valence-corrected chi connectivity index (χ2v) is 12.7. The van der Waals surface area contributed by atoms with Gasteiger partial charge in [0.1, 0.15) is 36.6 Å². The minimum Gasteiger partial charge on any atom is -0.489 e. The zero-order valence-electron chi connectivity index (χ0n) is 27.0. The summed E-state index contributed by atoms with van der Waals surface area (Å²) in [4.78, 5) is 54.5. The molecule has 1 heterocycles. The van der Waals surface area contributed by atoms with Crippen molar-refractivity contribution in [3.05, 3.63) is 102 Å². The number of carbonyl (C=O) groups is 4. The molecule has 0 aromatic heterocycles. The second-order valence-electron chi connectivity index (χ2n) is 12.7. The molecule has 0 unspecified atom stereocenters. The molecule has 244 valence electrons. The lowest BCUT2D eigenvalue weighted by Crippen LogP contribution is -2.58. The van der Waals surface area contributed by atoms with Crippen molar-refractivity contribution in [2.75, 3.05) is 6.61 Å². The molecule has 3 atom stereocenters. The Balaban J connectivity index is 1.57. The first-order valence-corrected chi connectivity index (χ1v) is 15.5. The fourth-order valence-corrected chi connectivity index (χ4v) is 5.10. The van der Waals surface area contributed by atoms with Gasteiger partial charge in [-0.3, -0.25) is 9.59 Å². The molecule has 1 fully saturated rings. The molecular weight excluding hydrogens is 586 g/mol. The van der Waals surface area contributed by atoms with Crippen LogP contribution in [0.25, 0.3) is 0 Å². The van der Waals surface area contributed by atoms with Gasteiger partial charge >= 0.3 is 12.2 Å². The number of cyclic esters (lactones) is 1. The lowest BCUT2D eigenvalue weighted by atomic mass is 9.99. The fourth-order valence-electron chi connectivity index (χ4n) is 5.10. The zero-order valence-corrected chi connectivity index (χ0v) is 27.0. The van der Waals surface area contributed by atoms with Gasteiger partial charge in [-0.25, -0.2) is 14.5 Å². The number of benzene rings is 3. The highest BCUT2D eigenvalue weighted by molar-refractivity contribution is 5.99. The van der Waals surface area contributed by atoms with Crippen molar-refractivity contribution < 1.29 is 33.4 Å². The SMILES string of the molecule is CC(C)[C@H](NC(=O)OC(C)(C)C)C(=O)N[C@@H](Cc1cccc(OCc2ccccc2)c1)C(=O)N1C(=O)OC[C@@H]1Cc1ccccc1. The van der Waals surface area contributed by atoms with Crippen molar-refractivity contribution in [2.45, 2.75) is 77.8 Å². The molecule has 0 saturated carbocycles. The summed E-state index contributed by atoms with van der Waals surface area (Å²) in [6.45, 7) is 9.13. The maximum absolute atomic E-state index is 14.2. The molecule has 3 aromatic carbocycles. The van der Waals surface area contributed by atoms with Gasteiger partial charge in [0.25, 0.3) is 5.91 Å². The minimum absolute atomic E-state index is 0.0394. The van der Waals surface area contributed by atoms with Gasteiger partial charge in [0.05, 0.1) is 6.04 Å². The summed E-state index contributed by atoms with van der Waals surface area (Å²) >= 11 is 0. The molecule has 0 spiro atoms. The summed E-state index contributed by atoms with van der Waals surface area (Å²) in [5.74, 6) is -0.927. The zero-order chi connectivity index (χ0) is 33.3. The van der Waals surface area contributed by atoms with E-state index in [9.17, 15) is 19.2 Å². The van der Waals surface area contributed by atoms with Crippen LogP contribution in [-0.4, -0.2) is 59.2 Å². The van der Waals surface area contributed by atoms with E-state index in [2.05, 4.69) is 10.6 Å². The van der Waals surface area contributed by atoms with Gasteiger partial charge < -0.3 is 24.8 Å². The molecule has 2 N–H and O–H groups in total. The van der Waals surface area contributed by atoms with Gasteiger partial charge in [0.15, 0.2) is 0 Å². The van der Waals surface area contributed by atoms with Crippen LogP contribution < -0.4 is 15.4 Å². The van der Waals surface area contributed by atoms with E-state index in [1.807, 2.05) is 78.9 Å². The van der Waals surface area contributed by atoms with Crippen molar-refractivity contribution in [3.8, 4) is 5.75 Å². The normalized spacial score (nSPS) is 15.9. The third kappa shape index (κ3) is 9.82. The molecule has 1 saturated heterocycles. The summed E-state index contributed by atoms with van der Waals surface area (Å²) in [5, 5.41) is 5.46. The largest absolute Gasteiger partial charge is 0.489 e. The van der Waals surface area contributed by atoms with E-state index in [0.717, 1.165) is 16.0 Å². The van der Waals surface area contributed by atoms with Crippen LogP contribution in [0.3, 0.4) is 0 Å². The van der Waals surface area contributed by atoms with Crippen molar-refractivity contribution in [3.63, 3.8) is 0 Å². The van der Waals surface area contributed by atoms with E-state index >= 15 is 0 Å². The Labute approximate surface area is 270 Å². The number of carbonyl (C=O) groups excluding carboxylic acids is 4. The van der Waals surface area contributed by atoms with E-state index in [-0.39, 0.29) is 18.9 Å². The van der Waals surface area contributed by atoms with Crippen LogP contribution in [0.2, 0.25) is 0 Å². The summed E-state index contributed by atoms with van der Waals surface area (Å²) in [6, 6.07) is 23.8. The quantitative estimate of drug-likeness (QED) is 0.274. The van der Waals surface area contributed by atoms with Gasteiger partial charge in [-0.2, -0.15) is 0 Å². The molecule has 0 radical (unpaired) electrons. The van der Waals surface area contributed by atoms with Crippen LogP contribution in [0.4, 0.5) is 9.59 Å². The highest BCUT2D eigenvalue weighted by Gasteiger charge is 2.42. The molecule has 3 aromatic rings. The molecule has 0 bridgehead atoms. The molecule has 0 aliphatic carbocycles. The molecule has 1 aliphatic heterocycles. The topological polar surface area (TPSA) is 123 Å². The predicted molar refractivity (Wildman–Crippen MR) is 173 cm³/mol. The van der Waals surface area contributed by atoms with E-state index in [1.54, 1.807) is 40.7 Å². The van der Waals surface area contributed by atoms with Crippen LogP contribution in [0.1, 0.15) is 51.3 Å². The van der Waals surface area contributed by atoms with Crippen LogP contribution in [-0.2, 0) is 38.5 Å². The van der Waals surface area contributed by atoms with Crippen LogP contribution in [0, 0.1) is 5.92 Å². The minimum atomic E-state index is -1.15. The number of hydrogen-bond donors (Lipinski definition) is 2. The first-order chi connectivity index (χ1) is 21.9. The molecular formula is C36H43N3O7. The lowest BCUT2D eigenvalue weighted by Gasteiger charge is -2.29. The fraction of sp³-hybridized carbons (Fsp3) is 0.389. The Kier molecular flexibility index (Phi) is 11.4. The number of ether oxygens (including phenoxy) is 3. The van der Waals surface area contributed by atoms with E-state index < -0.39 is 47.7 Å². The van der Waals surface area contributed by atoms with Crippen LogP contribution in [0.5, 0.6) is 5.75 Å². The van der Waals surface area contributed by atoms with E-state index in [1.165, 1.54) is 0 Å². The van der Waals surface area contributed by atoms with Crippen molar-refractivity contribution in [2.24, 2.45) is 5.92 Å². The van der Waals surface area contributed by atoms with E-state index in [0.29, 0.717) is 24.3 Å². The number of imide groups is 1. The van der Waals surface area contributed by atoms with Crippen LogP contribution in [0.15, 0.2) is 84.9 Å². The molecule has 10 heteroatoms. The second kappa shape index (κ2) is 15.4. The molecule has 4 rings (SSSR count). The molecule has 4 amide bonds. The molecule has 46 heavy (non-hydrogen) atoms. The van der Waals surface area contributed by atoms with Crippen molar-refractivity contribution >= 4 is 24.0 Å². The predicted octanol–water partition coefficient (Wildman–Crippen LogP) is 5.43. The first-order valence-electron chi connectivity index (χ1n) is 15.5. The average Bonchev–Trinajstić information content (AvgIpc) is 3.37. The maximum atomic E-state index is 14.2. The number of nitrogens with zero attached hydrogens (tertiary/aromatic N) is 1. The average molecular weight is 630 g/mol. The standard InChI is InChI=1S/C36H43N3O7/c1-24(2)31(38-34(42)46-36(3,4)5)32(40)37-30(21-27-17-12-18-29(20-27)44-22-26-15-10-7-11-16-26)33(41)39-28(23-45-35(39)43)19-25-13-8-6-9-14-25/h6-18,20,24,28,30-31H,19,21-23H2,1-5H3,(H,37,40)(H,38,42)/t28-,30-,31-/m0/s1. The molecule has 10 nitrogen and oxygen atoms in total. The third-order valence-corrected chi connectivity index (χ3v) is 7.34. The number of hydrogen-bond acceptors (Lipinski definition) is 7. The van der Waals surface area contributed by atoms with Gasteiger partial charge in [0, 0.05) is 6.42 Å². The van der Waals surface area contributed by atoms with Crippen molar-refractivity contribution in [1.82, 2.24) is 15.5 Å². The summed E-state index contributed by atoms with van der Waals surface area (Å²) in [6.07, 6.45) is -1.06. The number of nitrogens with one attached hydrogen (secondary N) is 2. The highest BCUT2D eigenvalue weighted by Crippen LogP contribution is 2.22.